The van der Waals surface area contributed by atoms with Gasteiger partial charge in [-0.2, -0.15) is 0 Å². The lowest BCUT2D eigenvalue weighted by atomic mass is 10.1. The molecular weight excluding hydrogens is 362 g/mol. The highest BCUT2D eigenvalue weighted by Gasteiger charge is 2.05. The Labute approximate surface area is 130 Å². The monoisotopic (exact) mass is 387 g/mol. The van der Waals surface area contributed by atoms with Crippen LogP contribution in [0.1, 0.15) is 71.1 Å². The zero-order chi connectivity index (χ0) is 12.9. The smallest absolute Gasteiger partial charge is 0.405 e. The molecule has 2 N–H and O–H groups in total. The number of nitrogens with one attached hydrogen (secondary N) is 1. The zero-order valence-electron chi connectivity index (χ0n) is 11.3. The second kappa shape index (κ2) is 15.3. The van der Waals surface area contributed by atoms with E-state index in [1.165, 1.54) is 51.4 Å². The lowest BCUT2D eigenvalue weighted by Gasteiger charge is -2.08. The molecular formula is C13H27Br2NO2. The van der Waals surface area contributed by atoms with Crippen LogP contribution in [0.4, 0.5) is 4.79 Å². The lowest BCUT2D eigenvalue weighted by Crippen LogP contribution is -2.28. The van der Waals surface area contributed by atoms with Crippen molar-refractivity contribution in [3.63, 3.8) is 0 Å². The van der Waals surface area contributed by atoms with Crippen LogP contribution in [0.2, 0.25) is 0 Å². The third kappa shape index (κ3) is 16.2. The summed E-state index contributed by atoms with van der Waals surface area (Å²) in [4.78, 5) is 10.2. The van der Waals surface area contributed by atoms with E-state index in [0.29, 0.717) is 0 Å². The van der Waals surface area contributed by atoms with E-state index in [9.17, 15) is 4.79 Å². The van der Waals surface area contributed by atoms with Gasteiger partial charge in [-0.15, -0.1) is 17.0 Å². The highest BCUT2D eigenvalue weighted by atomic mass is 79.9. The van der Waals surface area contributed by atoms with Crippen LogP contribution >= 0.6 is 32.9 Å². The fraction of sp³-hybridized carbons (Fsp3) is 0.923. The van der Waals surface area contributed by atoms with Crippen molar-refractivity contribution in [1.82, 2.24) is 5.32 Å². The van der Waals surface area contributed by atoms with E-state index in [2.05, 4.69) is 28.2 Å². The molecule has 1 unspecified atom stereocenters. The minimum atomic E-state index is -0.956. The Morgan fingerprint density at radius 2 is 1.50 bits per heavy atom. The van der Waals surface area contributed by atoms with Gasteiger partial charge < -0.3 is 10.4 Å². The zero-order valence-corrected chi connectivity index (χ0v) is 14.6. The van der Waals surface area contributed by atoms with Crippen LogP contribution in [0.5, 0.6) is 0 Å². The van der Waals surface area contributed by atoms with Gasteiger partial charge in [-0.1, -0.05) is 80.6 Å². The maximum atomic E-state index is 10.3. The van der Waals surface area contributed by atoms with Crippen molar-refractivity contribution in [3.8, 4) is 0 Å². The predicted octanol–water partition coefficient (Wildman–Crippen LogP) is 5.47. The number of halogens is 2. The minimum Gasteiger partial charge on any atom is -0.465 e. The summed E-state index contributed by atoms with van der Waals surface area (Å²) < 4.78 is 0. The molecule has 0 bridgehead atoms. The minimum absolute atomic E-state index is 0. The number of hydrogen-bond acceptors (Lipinski definition) is 1. The van der Waals surface area contributed by atoms with Gasteiger partial charge in [0.15, 0.2) is 0 Å². The molecule has 0 aromatic rings. The van der Waals surface area contributed by atoms with E-state index in [4.69, 9.17) is 5.11 Å². The first-order valence-corrected chi connectivity index (χ1v) is 7.72. The summed E-state index contributed by atoms with van der Waals surface area (Å²) in [5.41, 5.74) is 0. The molecule has 0 aliphatic carbocycles. The molecule has 0 rings (SSSR count). The molecule has 0 spiro atoms. The van der Waals surface area contributed by atoms with Gasteiger partial charge in [0.25, 0.3) is 0 Å². The molecule has 0 heterocycles. The van der Waals surface area contributed by atoms with Gasteiger partial charge in [0.1, 0.15) is 0 Å². The topological polar surface area (TPSA) is 49.3 Å². The van der Waals surface area contributed by atoms with E-state index in [1.807, 2.05) is 0 Å². The number of hydrogen-bond donors (Lipinski definition) is 2. The van der Waals surface area contributed by atoms with E-state index in [-0.39, 0.29) is 21.9 Å². The summed E-state index contributed by atoms with van der Waals surface area (Å²) in [6, 6.07) is 0. The van der Waals surface area contributed by atoms with Gasteiger partial charge in [0, 0.05) is 0 Å². The van der Waals surface area contributed by atoms with Gasteiger partial charge in [-0.05, 0) is 6.42 Å². The quantitative estimate of drug-likeness (QED) is 0.280. The molecule has 0 aliphatic heterocycles. The van der Waals surface area contributed by atoms with Crippen LogP contribution in [0.25, 0.3) is 0 Å². The number of carbonyl (C=O) groups is 1. The van der Waals surface area contributed by atoms with Crippen molar-refractivity contribution in [3.05, 3.63) is 0 Å². The molecule has 0 aromatic heterocycles. The number of alkyl halides is 1. The number of amides is 1. The van der Waals surface area contributed by atoms with E-state index in [0.717, 1.165) is 12.8 Å². The van der Waals surface area contributed by atoms with Crippen LogP contribution < -0.4 is 5.32 Å². The molecule has 0 radical (unpaired) electrons. The molecule has 0 fully saturated rings. The average molecular weight is 389 g/mol. The molecule has 3 nitrogen and oxygen atoms in total. The van der Waals surface area contributed by atoms with Gasteiger partial charge in [-0.3, -0.25) is 0 Å². The normalized spacial score (nSPS) is 11.7. The van der Waals surface area contributed by atoms with Gasteiger partial charge in [0.2, 0.25) is 0 Å². The van der Waals surface area contributed by atoms with Crippen molar-refractivity contribution < 1.29 is 9.90 Å². The standard InChI is InChI=1S/C13H26BrNO2.BrH/c1-2-3-4-5-6-7-8-9-10-11-12(14)15-13(16)17;/h12,15H,2-11H2,1H3,(H,16,17);1H. The summed E-state index contributed by atoms with van der Waals surface area (Å²) in [5.74, 6) is 0. The van der Waals surface area contributed by atoms with Gasteiger partial charge >= 0.3 is 6.09 Å². The van der Waals surface area contributed by atoms with Crippen LogP contribution in [0.3, 0.4) is 0 Å². The Kier molecular flexibility index (Phi) is 17.5. The molecule has 5 heteroatoms. The third-order valence-electron chi connectivity index (χ3n) is 2.84. The van der Waals surface area contributed by atoms with E-state index < -0.39 is 6.09 Å². The maximum absolute atomic E-state index is 10.3. The summed E-state index contributed by atoms with van der Waals surface area (Å²) in [7, 11) is 0. The van der Waals surface area contributed by atoms with Crippen molar-refractivity contribution in [1.29, 1.82) is 0 Å². The van der Waals surface area contributed by atoms with Crippen molar-refractivity contribution >= 4 is 39.0 Å². The van der Waals surface area contributed by atoms with Crippen molar-refractivity contribution in [2.75, 3.05) is 0 Å². The second-order valence-corrected chi connectivity index (χ2v) is 5.64. The number of unbranched alkanes of at least 4 members (excludes halogenated alkanes) is 8. The average Bonchev–Trinajstić information content (AvgIpc) is 2.26. The highest BCUT2D eigenvalue weighted by molar-refractivity contribution is 9.09. The fourth-order valence-corrected chi connectivity index (χ4v) is 2.36. The first kappa shape index (κ1) is 20.5. The summed E-state index contributed by atoms with van der Waals surface area (Å²) >= 11 is 3.30. The second-order valence-electron chi connectivity index (χ2n) is 4.53. The Hall–Kier alpha value is 0.230. The first-order valence-electron chi connectivity index (χ1n) is 6.80. The van der Waals surface area contributed by atoms with Crippen molar-refractivity contribution in [2.24, 2.45) is 0 Å². The van der Waals surface area contributed by atoms with Crippen LogP contribution in [0.15, 0.2) is 0 Å². The molecule has 18 heavy (non-hydrogen) atoms. The van der Waals surface area contributed by atoms with Crippen molar-refractivity contribution in [2.45, 2.75) is 76.1 Å². The summed E-state index contributed by atoms with van der Waals surface area (Å²) in [5, 5.41) is 10.9. The summed E-state index contributed by atoms with van der Waals surface area (Å²) in [6.07, 6.45) is 11.6. The fourth-order valence-electron chi connectivity index (χ4n) is 1.84. The summed E-state index contributed by atoms with van der Waals surface area (Å²) in [6.45, 7) is 2.24. The molecule has 0 aliphatic rings. The third-order valence-corrected chi connectivity index (χ3v) is 3.53. The molecule has 0 saturated heterocycles. The number of carboxylic acid groups (broad SMARTS) is 1. The molecule has 110 valence electrons. The molecule has 1 atom stereocenters. The Bertz CT molecular complexity index is 192. The lowest BCUT2D eigenvalue weighted by molar-refractivity contribution is 0.193. The maximum Gasteiger partial charge on any atom is 0.405 e. The van der Waals surface area contributed by atoms with Crippen LogP contribution in [-0.4, -0.2) is 16.2 Å². The van der Waals surface area contributed by atoms with E-state index >= 15 is 0 Å². The largest absolute Gasteiger partial charge is 0.465 e. The van der Waals surface area contributed by atoms with Gasteiger partial charge in [0.05, 0.1) is 4.95 Å². The molecule has 0 saturated carbocycles. The number of rotatable bonds is 11. The SMILES string of the molecule is Br.CCCCCCCCCCCC(Br)NC(=O)O. The van der Waals surface area contributed by atoms with Crippen LogP contribution in [-0.2, 0) is 0 Å². The van der Waals surface area contributed by atoms with E-state index in [1.54, 1.807) is 0 Å². The van der Waals surface area contributed by atoms with Gasteiger partial charge in [-0.25, -0.2) is 4.79 Å². The predicted molar refractivity (Wildman–Crippen MR) is 86.0 cm³/mol. The first-order chi connectivity index (χ1) is 8.16. The molecule has 0 aromatic carbocycles. The molecule has 1 amide bonds. The highest BCUT2D eigenvalue weighted by Crippen LogP contribution is 2.12. The Balaban J connectivity index is 0. The van der Waals surface area contributed by atoms with Crippen LogP contribution in [0, 0.1) is 0 Å². The Morgan fingerprint density at radius 1 is 1.06 bits per heavy atom. The Morgan fingerprint density at radius 3 is 1.94 bits per heavy atom.